The molecule has 0 unspecified atom stereocenters. The molecule has 1 heterocycles. The highest BCUT2D eigenvalue weighted by molar-refractivity contribution is 7.62. The second-order valence-electron chi connectivity index (χ2n) is 6.65. The van der Waals surface area contributed by atoms with Crippen LogP contribution in [0.1, 0.15) is 25.1 Å². The lowest BCUT2D eigenvalue weighted by atomic mass is 10.1. The largest absolute Gasteiger partial charge is 0.361 e. The summed E-state index contributed by atoms with van der Waals surface area (Å²) in [6, 6.07) is 20.6. The van der Waals surface area contributed by atoms with Crippen molar-refractivity contribution in [2.75, 3.05) is 13.2 Å². The molecule has 3 rings (SSSR count). The minimum Gasteiger partial charge on any atom is -0.308 e. The zero-order chi connectivity index (χ0) is 20.9. The van der Waals surface area contributed by atoms with Gasteiger partial charge >= 0.3 is 7.60 Å². The van der Waals surface area contributed by atoms with Crippen molar-refractivity contribution in [3.8, 4) is 11.1 Å². The summed E-state index contributed by atoms with van der Waals surface area (Å²) in [4.78, 5) is 12.9. The average molecular weight is 411 g/mol. The Morgan fingerprint density at radius 3 is 2.14 bits per heavy atom. The van der Waals surface area contributed by atoms with Crippen LogP contribution in [0.5, 0.6) is 0 Å². The number of rotatable bonds is 8. The Bertz CT molecular complexity index is 1070. The fourth-order valence-corrected chi connectivity index (χ4v) is 5.13. The van der Waals surface area contributed by atoms with Crippen molar-refractivity contribution in [3.63, 3.8) is 0 Å². The molecule has 29 heavy (non-hydrogen) atoms. The van der Waals surface area contributed by atoms with Gasteiger partial charge in [0.05, 0.1) is 25.1 Å². The third kappa shape index (κ3) is 4.76. The van der Waals surface area contributed by atoms with E-state index in [2.05, 4.69) is 0 Å². The number of hydrogen-bond donors (Lipinski definition) is 0. The van der Waals surface area contributed by atoms with Crippen LogP contribution in [0.3, 0.4) is 0 Å². The van der Waals surface area contributed by atoms with Crippen molar-refractivity contribution in [3.05, 3.63) is 88.3 Å². The first kappa shape index (κ1) is 21.3. The molecule has 0 bridgehead atoms. The van der Waals surface area contributed by atoms with E-state index in [0.29, 0.717) is 23.0 Å². The number of aromatic nitrogens is 1. The van der Waals surface area contributed by atoms with Crippen LogP contribution in [-0.4, -0.2) is 17.8 Å². The molecule has 3 aromatic rings. The zero-order valence-corrected chi connectivity index (χ0v) is 17.9. The van der Waals surface area contributed by atoms with Gasteiger partial charge in [0, 0.05) is 11.8 Å². The summed E-state index contributed by atoms with van der Waals surface area (Å²) in [5, 5.41) is 0.475. The molecule has 2 aromatic carbocycles. The number of aryl methyl sites for hydroxylation is 1. The van der Waals surface area contributed by atoms with E-state index in [1.165, 1.54) is 0 Å². The van der Waals surface area contributed by atoms with Crippen molar-refractivity contribution in [1.29, 1.82) is 0 Å². The molecular weight excluding hydrogens is 385 g/mol. The van der Waals surface area contributed by atoms with Crippen LogP contribution in [-0.2, 0) is 20.2 Å². The normalized spacial score (nSPS) is 11.6. The maximum absolute atomic E-state index is 13.4. The molecule has 0 aliphatic carbocycles. The number of benzene rings is 2. The summed E-state index contributed by atoms with van der Waals surface area (Å²) in [7, 11) is -3.48. The predicted molar refractivity (Wildman–Crippen MR) is 117 cm³/mol. The van der Waals surface area contributed by atoms with Crippen molar-refractivity contribution >= 4 is 12.9 Å². The lowest BCUT2D eigenvalue weighted by Crippen LogP contribution is -2.23. The first-order valence-electron chi connectivity index (χ1n) is 9.73. The number of pyridine rings is 1. The minimum atomic E-state index is -3.48. The lowest BCUT2D eigenvalue weighted by Gasteiger charge is -2.20. The third-order valence-electron chi connectivity index (χ3n) is 4.63. The van der Waals surface area contributed by atoms with E-state index in [9.17, 15) is 9.36 Å². The lowest BCUT2D eigenvalue weighted by molar-refractivity contribution is 0.230. The average Bonchev–Trinajstić information content (AvgIpc) is 2.72. The molecule has 0 fully saturated rings. The highest BCUT2D eigenvalue weighted by Crippen LogP contribution is 2.49. The SMILES string of the molecule is CCOP(=O)(OCC)c1ccccc1-c1cc(C)n(Cc2ccccc2)c(=O)c1. The minimum absolute atomic E-state index is 0.110. The van der Waals surface area contributed by atoms with Gasteiger partial charge in [-0.2, -0.15) is 0 Å². The van der Waals surface area contributed by atoms with E-state index >= 15 is 0 Å². The Kier molecular flexibility index (Phi) is 6.86. The van der Waals surface area contributed by atoms with Crippen molar-refractivity contribution in [2.45, 2.75) is 27.3 Å². The predicted octanol–water partition coefficient (Wildman–Crippen LogP) is 4.76. The Balaban J connectivity index is 2.07. The first-order chi connectivity index (χ1) is 14.0. The number of nitrogens with zero attached hydrogens (tertiary/aromatic N) is 1. The zero-order valence-electron chi connectivity index (χ0n) is 17.0. The molecule has 0 amide bonds. The second kappa shape index (κ2) is 9.36. The monoisotopic (exact) mass is 411 g/mol. The Labute approximate surface area is 171 Å². The van der Waals surface area contributed by atoms with E-state index in [1.54, 1.807) is 36.6 Å². The molecule has 152 valence electrons. The summed E-state index contributed by atoms with van der Waals surface area (Å²) < 4.78 is 26.2. The smallest absolute Gasteiger partial charge is 0.308 e. The summed E-state index contributed by atoms with van der Waals surface area (Å²) in [6.07, 6.45) is 0. The maximum Gasteiger partial charge on any atom is 0.361 e. The molecular formula is C23H26NO4P. The molecule has 0 saturated carbocycles. The van der Waals surface area contributed by atoms with E-state index in [0.717, 1.165) is 11.3 Å². The van der Waals surface area contributed by atoms with Crippen LogP contribution >= 0.6 is 7.60 Å². The van der Waals surface area contributed by atoms with Gasteiger partial charge in [-0.05, 0) is 49.6 Å². The maximum atomic E-state index is 13.4. The molecule has 0 N–H and O–H groups in total. The van der Waals surface area contributed by atoms with E-state index in [-0.39, 0.29) is 18.8 Å². The molecule has 0 saturated heterocycles. The van der Waals surface area contributed by atoms with Gasteiger partial charge in [0.1, 0.15) is 0 Å². The summed E-state index contributed by atoms with van der Waals surface area (Å²) in [6.45, 7) is 6.50. The van der Waals surface area contributed by atoms with Gasteiger partial charge in [0.15, 0.2) is 0 Å². The van der Waals surface area contributed by atoms with Gasteiger partial charge in [-0.25, -0.2) is 0 Å². The van der Waals surface area contributed by atoms with Gasteiger partial charge in [-0.15, -0.1) is 0 Å². The van der Waals surface area contributed by atoms with Crippen LogP contribution in [0.4, 0.5) is 0 Å². The molecule has 0 spiro atoms. The number of hydrogen-bond acceptors (Lipinski definition) is 4. The van der Waals surface area contributed by atoms with Gasteiger partial charge in [0.25, 0.3) is 5.56 Å². The molecule has 0 atom stereocenters. The van der Waals surface area contributed by atoms with Crippen molar-refractivity contribution in [2.24, 2.45) is 0 Å². The van der Waals surface area contributed by atoms with E-state index < -0.39 is 7.60 Å². The fourth-order valence-electron chi connectivity index (χ4n) is 3.33. The molecule has 0 radical (unpaired) electrons. The third-order valence-corrected chi connectivity index (χ3v) is 6.80. The Morgan fingerprint density at radius 1 is 0.897 bits per heavy atom. The topological polar surface area (TPSA) is 57.5 Å². The van der Waals surface area contributed by atoms with Gasteiger partial charge in [-0.1, -0.05) is 48.5 Å². The van der Waals surface area contributed by atoms with Gasteiger partial charge in [-0.3, -0.25) is 9.36 Å². The molecule has 5 nitrogen and oxygen atoms in total. The molecule has 6 heteroatoms. The molecule has 0 aliphatic rings. The Morgan fingerprint density at radius 2 is 1.52 bits per heavy atom. The molecule has 0 aliphatic heterocycles. The van der Waals surface area contributed by atoms with Crippen LogP contribution in [0.25, 0.3) is 11.1 Å². The highest BCUT2D eigenvalue weighted by Gasteiger charge is 2.30. The summed E-state index contributed by atoms with van der Waals surface area (Å²) in [5.41, 5.74) is 3.16. The highest BCUT2D eigenvalue weighted by atomic mass is 31.2. The van der Waals surface area contributed by atoms with E-state index in [1.807, 2.05) is 55.5 Å². The summed E-state index contributed by atoms with van der Waals surface area (Å²) in [5.74, 6) is 0. The van der Waals surface area contributed by atoms with Crippen LogP contribution < -0.4 is 10.9 Å². The molecule has 1 aromatic heterocycles. The van der Waals surface area contributed by atoms with Gasteiger partial charge < -0.3 is 13.6 Å². The second-order valence-corrected chi connectivity index (χ2v) is 8.64. The fraction of sp³-hybridized carbons (Fsp3) is 0.261. The standard InChI is InChI=1S/C23H26NO4P/c1-4-27-29(26,28-5-2)22-14-10-9-13-21(22)20-15-18(3)24(23(25)16-20)17-19-11-7-6-8-12-19/h6-16H,4-5,17H2,1-3H3. The van der Waals surface area contributed by atoms with Gasteiger partial charge in [0.2, 0.25) is 0 Å². The van der Waals surface area contributed by atoms with Crippen LogP contribution in [0.2, 0.25) is 0 Å². The van der Waals surface area contributed by atoms with Crippen molar-refractivity contribution < 1.29 is 13.6 Å². The summed E-state index contributed by atoms with van der Waals surface area (Å²) >= 11 is 0. The van der Waals surface area contributed by atoms with Crippen molar-refractivity contribution in [1.82, 2.24) is 4.57 Å². The quantitative estimate of drug-likeness (QED) is 0.502. The van der Waals surface area contributed by atoms with E-state index in [4.69, 9.17) is 9.05 Å². The van der Waals surface area contributed by atoms with Crippen LogP contribution in [0.15, 0.2) is 71.5 Å². The first-order valence-corrected chi connectivity index (χ1v) is 11.3. The Hall–Kier alpha value is -2.46. The van der Waals surface area contributed by atoms with Crippen LogP contribution in [0, 0.1) is 6.92 Å².